The molecule has 0 bridgehead atoms. The second-order valence-electron chi connectivity index (χ2n) is 7.80. The van der Waals surface area contributed by atoms with Crippen LogP contribution in [0.2, 0.25) is 0 Å². The summed E-state index contributed by atoms with van der Waals surface area (Å²) in [4.78, 5) is 0. The normalized spacial score (nSPS) is 27.6. The molecule has 118 valence electrons. The number of hydrogen-bond acceptors (Lipinski definition) is 0. The Balaban J connectivity index is 0.000000117. The van der Waals surface area contributed by atoms with Crippen LogP contribution in [0.5, 0.6) is 0 Å². The van der Waals surface area contributed by atoms with Gasteiger partial charge in [-0.15, -0.1) is 0 Å². The fraction of sp³-hybridized carbons (Fsp3) is 1.00. The highest BCUT2D eigenvalue weighted by molar-refractivity contribution is 4.89. The van der Waals surface area contributed by atoms with Gasteiger partial charge in [0.05, 0.1) is 0 Å². The molecule has 0 N–H and O–H groups in total. The molecular formula is C20H38. The van der Waals surface area contributed by atoms with E-state index in [1.54, 1.807) is 25.7 Å². The number of rotatable bonds is 0. The van der Waals surface area contributed by atoms with Crippen LogP contribution < -0.4 is 0 Å². The smallest absolute Gasteiger partial charge is 0.0297 e. The van der Waals surface area contributed by atoms with Crippen molar-refractivity contribution >= 4 is 0 Å². The molecule has 0 heteroatoms. The Labute approximate surface area is 128 Å². The molecule has 0 amide bonds. The molecule has 0 atom stereocenters. The van der Waals surface area contributed by atoms with Gasteiger partial charge in [-0.3, -0.25) is 0 Å². The molecule has 4 saturated carbocycles. The molecule has 0 radical (unpaired) electrons. The summed E-state index contributed by atoms with van der Waals surface area (Å²) in [6.45, 7) is 0. The van der Waals surface area contributed by atoms with E-state index < -0.39 is 0 Å². The number of hydrogen-bond donors (Lipinski definition) is 0. The first-order chi connectivity index (χ1) is 9.91. The third-order valence-corrected chi connectivity index (χ3v) is 6.08. The van der Waals surface area contributed by atoms with E-state index in [0.29, 0.717) is 0 Å². The van der Waals surface area contributed by atoms with E-state index in [1.807, 2.05) is 0 Å². The van der Waals surface area contributed by atoms with Crippen molar-refractivity contribution in [3.63, 3.8) is 0 Å². The van der Waals surface area contributed by atoms with E-state index >= 15 is 0 Å². The average Bonchev–Trinajstić information content (AvgIpc) is 3.09. The molecule has 0 aromatic heterocycles. The van der Waals surface area contributed by atoms with Gasteiger partial charge in [0.15, 0.2) is 0 Å². The predicted octanol–water partition coefficient (Wildman–Crippen LogP) is 7.41. The zero-order valence-electron chi connectivity index (χ0n) is 13.9. The van der Waals surface area contributed by atoms with Crippen LogP contribution in [0.4, 0.5) is 0 Å². The van der Waals surface area contributed by atoms with E-state index in [2.05, 4.69) is 0 Å². The van der Waals surface area contributed by atoms with Crippen LogP contribution in [-0.4, -0.2) is 0 Å². The minimum Gasteiger partial charge on any atom is -0.0533 e. The van der Waals surface area contributed by atoms with Crippen LogP contribution in [0.15, 0.2) is 0 Å². The molecule has 4 rings (SSSR count). The van der Waals surface area contributed by atoms with Crippen molar-refractivity contribution < 1.29 is 0 Å². The Morgan fingerprint density at radius 2 is 0.500 bits per heavy atom. The van der Waals surface area contributed by atoms with E-state index in [9.17, 15) is 0 Å². The highest BCUT2D eigenvalue weighted by atomic mass is 14.4. The Hall–Kier alpha value is 0. The molecule has 4 aliphatic rings. The Morgan fingerprint density at radius 3 is 0.700 bits per heavy atom. The topological polar surface area (TPSA) is 0 Å². The molecule has 0 unspecified atom stereocenters. The molecule has 0 aromatic rings. The third-order valence-electron chi connectivity index (χ3n) is 6.08. The highest BCUT2D eigenvalue weighted by Crippen LogP contribution is 2.51. The maximum absolute atomic E-state index is 1.56. The molecule has 0 saturated heterocycles. The van der Waals surface area contributed by atoms with Crippen LogP contribution in [0.25, 0.3) is 0 Å². The lowest BCUT2D eigenvalue weighted by atomic mass is 9.61. The summed E-state index contributed by atoms with van der Waals surface area (Å²) >= 11 is 0. The second-order valence-corrected chi connectivity index (χ2v) is 7.80. The lowest BCUT2D eigenvalue weighted by molar-refractivity contribution is 0.0775. The second kappa shape index (κ2) is 9.85. The molecule has 0 aromatic carbocycles. The zero-order chi connectivity index (χ0) is 13.9. The first-order valence-corrected chi connectivity index (χ1v) is 9.91. The van der Waals surface area contributed by atoms with Gasteiger partial charge in [-0.2, -0.15) is 0 Å². The standard InChI is InChI=1S/C9H16.C6H12.C5H10/c1-2-5-9(6-3-1)7-4-8-9;1-2-4-6-5-3-1;1-2-4-5-3-1/h1-8H2;1-6H2;1-5H2. The maximum atomic E-state index is 1.56. The SMILES string of the molecule is C1CCC2(CC1)CCC2.C1CCCC1.C1CCCCC1. The quantitative estimate of drug-likeness (QED) is 0.432. The maximum Gasteiger partial charge on any atom is -0.0297 e. The summed E-state index contributed by atoms with van der Waals surface area (Å²) < 4.78 is 0. The van der Waals surface area contributed by atoms with Crippen molar-refractivity contribution in [3.8, 4) is 0 Å². The van der Waals surface area contributed by atoms with Gasteiger partial charge in [-0.25, -0.2) is 0 Å². The average molecular weight is 279 g/mol. The lowest BCUT2D eigenvalue weighted by Crippen LogP contribution is -2.31. The summed E-state index contributed by atoms with van der Waals surface area (Å²) in [5.74, 6) is 0. The largest absolute Gasteiger partial charge is 0.0533 e. The molecular weight excluding hydrogens is 240 g/mol. The molecule has 20 heavy (non-hydrogen) atoms. The van der Waals surface area contributed by atoms with Crippen LogP contribution in [0.3, 0.4) is 0 Å². The van der Waals surface area contributed by atoms with Crippen molar-refractivity contribution in [2.45, 2.75) is 122 Å². The van der Waals surface area contributed by atoms with Gasteiger partial charge in [0.1, 0.15) is 0 Å². The van der Waals surface area contributed by atoms with Gasteiger partial charge in [0.2, 0.25) is 0 Å². The van der Waals surface area contributed by atoms with Crippen LogP contribution >= 0.6 is 0 Å². The fourth-order valence-electron chi connectivity index (χ4n) is 4.42. The monoisotopic (exact) mass is 278 g/mol. The van der Waals surface area contributed by atoms with Gasteiger partial charge in [0, 0.05) is 0 Å². The van der Waals surface area contributed by atoms with Gasteiger partial charge in [-0.05, 0) is 31.1 Å². The van der Waals surface area contributed by atoms with Crippen molar-refractivity contribution in [2.75, 3.05) is 0 Å². The Kier molecular flexibility index (Phi) is 8.06. The van der Waals surface area contributed by atoms with Crippen molar-refractivity contribution in [1.29, 1.82) is 0 Å². The van der Waals surface area contributed by atoms with E-state index in [1.165, 1.54) is 96.3 Å². The van der Waals surface area contributed by atoms with Crippen molar-refractivity contribution in [3.05, 3.63) is 0 Å². The van der Waals surface area contributed by atoms with Crippen molar-refractivity contribution in [2.24, 2.45) is 5.41 Å². The van der Waals surface area contributed by atoms with Gasteiger partial charge < -0.3 is 0 Å². The molecule has 4 aliphatic carbocycles. The predicted molar refractivity (Wildman–Crippen MR) is 90.2 cm³/mol. The molecule has 0 aliphatic heterocycles. The minimum atomic E-state index is 0.901. The van der Waals surface area contributed by atoms with E-state index in [4.69, 9.17) is 0 Å². The zero-order valence-corrected chi connectivity index (χ0v) is 13.9. The van der Waals surface area contributed by atoms with Gasteiger partial charge in [-0.1, -0.05) is 96.3 Å². The summed E-state index contributed by atoms with van der Waals surface area (Å²) in [6.07, 6.45) is 28.8. The molecule has 4 fully saturated rings. The lowest BCUT2D eigenvalue weighted by Gasteiger charge is -2.45. The van der Waals surface area contributed by atoms with Crippen LogP contribution in [-0.2, 0) is 0 Å². The first kappa shape index (κ1) is 16.4. The molecule has 0 nitrogen and oxygen atoms in total. The minimum absolute atomic E-state index is 0.901. The molecule has 0 heterocycles. The van der Waals surface area contributed by atoms with Crippen molar-refractivity contribution in [1.82, 2.24) is 0 Å². The van der Waals surface area contributed by atoms with Gasteiger partial charge >= 0.3 is 0 Å². The molecule has 1 spiro atoms. The Morgan fingerprint density at radius 1 is 0.250 bits per heavy atom. The fourth-order valence-corrected chi connectivity index (χ4v) is 4.42. The van der Waals surface area contributed by atoms with E-state index in [0.717, 1.165) is 5.41 Å². The summed E-state index contributed by atoms with van der Waals surface area (Å²) in [6, 6.07) is 0. The first-order valence-electron chi connectivity index (χ1n) is 9.91. The Bertz CT molecular complexity index is 191. The summed E-state index contributed by atoms with van der Waals surface area (Å²) in [7, 11) is 0. The summed E-state index contributed by atoms with van der Waals surface area (Å²) in [5.41, 5.74) is 0.901. The van der Waals surface area contributed by atoms with Crippen LogP contribution in [0.1, 0.15) is 122 Å². The van der Waals surface area contributed by atoms with Gasteiger partial charge in [0.25, 0.3) is 0 Å². The van der Waals surface area contributed by atoms with E-state index in [-0.39, 0.29) is 0 Å². The highest BCUT2D eigenvalue weighted by Gasteiger charge is 2.37. The summed E-state index contributed by atoms with van der Waals surface area (Å²) in [5, 5.41) is 0. The van der Waals surface area contributed by atoms with Crippen LogP contribution in [0, 0.1) is 5.41 Å². The third kappa shape index (κ3) is 6.19.